The quantitative estimate of drug-likeness (QED) is 0.885. The fraction of sp³-hybridized carbons (Fsp3) is 0.500. The van der Waals surface area contributed by atoms with E-state index < -0.39 is 0 Å². The van der Waals surface area contributed by atoms with Crippen LogP contribution in [0.2, 0.25) is 0 Å². The third-order valence-corrected chi connectivity index (χ3v) is 3.57. The van der Waals surface area contributed by atoms with Crippen molar-refractivity contribution in [3.05, 3.63) is 41.5 Å². The van der Waals surface area contributed by atoms with Crippen molar-refractivity contribution in [1.29, 1.82) is 0 Å². The Bertz CT molecular complexity index is 553. The van der Waals surface area contributed by atoms with Gasteiger partial charge in [-0.25, -0.2) is 0 Å². The van der Waals surface area contributed by atoms with E-state index in [1.54, 1.807) is 7.11 Å². The van der Waals surface area contributed by atoms with Gasteiger partial charge in [-0.3, -0.25) is 0 Å². The van der Waals surface area contributed by atoms with Crippen molar-refractivity contribution in [2.45, 2.75) is 39.2 Å². The van der Waals surface area contributed by atoms with Crippen molar-refractivity contribution in [2.75, 3.05) is 7.11 Å². The van der Waals surface area contributed by atoms with Crippen LogP contribution in [0.15, 0.2) is 28.8 Å². The van der Waals surface area contributed by atoms with Crippen LogP contribution in [0.25, 0.3) is 0 Å². The summed E-state index contributed by atoms with van der Waals surface area (Å²) in [5.41, 5.74) is 7.14. The SMILES string of the molecule is COc1ccc(Cc2noc(C(C(C)C)C(C)N)n2)cc1. The Balaban J connectivity index is 2.11. The molecule has 0 saturated heterocycles. The number of hydrogen-bond donors (Lipinski definition) is 1. The number of hydrogen-bond acceptors (Lipinski definition) is 5. The maximum Gasteiger partial charge on any atom is 0.231 e. The highest BCUT2D eigenvalue weighted by atomic mass is 16.5. The summed E-state index contributed by atoms with van der Waals surface area (Å²) in [5.74, 6) is 2.59. The largest absolute Gasteiger partial charge is 0.497 e. The second-order valence-corrected chi connectivity index (χ2v) is 5.70. The fourth-order valence-electron chi connectivity index (χ4n) is 2.52. The summed E-state index contributed by atoms with van der Waals surface area (Å²) in [4.78, 5) is 4.50. The van der Waals surface area contributed by atoms with Gasteiger partial charge in [-0.15, -0.1) is 0 Å². The second kappa shape index (κ2) is 6.72. The third kappa shape index (κ3) is 3.82. The normalized spacial score (nSPS) is 14.2. The topological polar surface area (TPSA) is 74.2 Å². The Morgan fingerprint density at radius 2 is 1.86 bits per heavy atom. The van der Waals surface area contributed by atoms with Crippen LogP contribution in [0.3, 0.4) is 0 Å². The maximum atomic E-state index is 6.02. The van der Waals surface area contributed by atoms with Crippen molar-refractivity contribution in [1.82, 2.24) is 10.1 Å². The van der Waals surface area contributed by atoms with E-state index in [2.05, 4.69) is 24.0 Å². The van der Waals surface area contributed by atoms with E-state index >= 15 is 0 Å². The summed E-state index contributed by atoms with van der Waals surface area (Å²) >= 11 is 0. The average molecular weight is 289 g/mol. The van der Waals surface area contributed by atoms with Gasteiger partial charge in [-0.2, -0.15) is 4.98 Å². The molecule has 1 aromatic heterocycles. The molecule has 2 aromatic rings. The first-order valence-electron chi connectivity index (χ1n) is 7.22. The van der Waals surface area contributed by atoms with Crippen molar-refractivity contribution >= 4 is 0 Å². The lowest BCUT2D eigenvalue weighted by Crippen LogP contribution is -2.28. The lowest BCUT2D eigenvalue weighted by atomic mass is 9.90. The average Bonchev–Trinajstić information content (AvgIpc) is 2.87. The number of rotatable bonds is 6. The highest BCUT2D eigenvalue weighted by Gasteiger charge is 2.26. The van der Waals surface area contributed by atoms with E-state index in [-0.39, 0.29) is 12.0 Å². The molecule has 0 aliphatic heterocycles. The zero-order valence-electron chi connectivity index (χ0n) is 13.0. The number of methoxy groups -OCH3 is 1. The zero-order valence-corrected chi connectivity index (χ0v) is 13.0. The molecule has 0 radical (unpaired) electrons. The van der Waals surface area contributed by atoms with Crippen molar-refractivity contribution in [2.24, 2.45) is 11.7 Å². The lowest BCUT2D eigenvalue weighted by Gasteiger charge is -2.20. The second-order valence-electron chi connectivity index (χ2n) is 5.70. The Morgan fingerprint density at radius 1 is 1.19 bits per heavy atom. The van der Waals surface area contributed by atoms with Crippen LogP contribution in [0, 0.1) is 5.92 Å². The van der Waals surface area contributed by atoms with Gasteiger partial charge < -0.3 is 15.0 Å². The van der Waals surface area contributed by atoms with Crippen LogP contribution >= 0.6 is 0 Å². The summed E-state index contributed by atoms with van der Waals surface area (Å²) in [6, 6.07) is 7.84. The standard InChI is InChI=1S/C16H23N3O2/c1-10(2)15(11(3)17)16-18-14(19-21-16)9-12-5-7-13(20-4)8-6-12/h5-8,10-11,15H,9,17H2,1-4H3. The molecule has 5 nitrogen and oxygen atoms in total. The van der Waals surface area contributed by atoms with Crippen LogP contribution in [0.1, 0.15) is 44.0 Å². The highest BCUT2D eigenvalue weighted by Crippen LogP contribution is 2.26. The molecule has 5 heteroatoms. The van der Waals surface area contributed by atoms with E-state index in [0.717, 1.165) is 11.3 Å². The monoisotopic (exact) mass is 289 g/mol. The summed E-state index contributed by atoms with van der Waals surface area (Å²) in [7, 11) is 1.65. The van der Waals surface area contributed by atoms with E-state index in [4.69, 9.17) is 15.0 Å². The number of nitrogens with two attached hydrogens (primary N) is 1. The van der Waals surface area contributed by atoms with Gasteiger partial charge in [0, 0.05) is 12.5 Å². The first-order valence-corrected chi connectivity index (χ1v) is 7.22. The highest BCUT2D eigenvalue weighted by molar-refractivity contribution is 5.28. The molecule has 1 aromatic carbocycles. The Morgan fingerprint density at radius 3 is 2.38 bits per heavy atom. The minimum atomic E-state index is -0.0145. The minimum absolute atomic E-state index is 0.0145. The number of aromatic nitrogens is 2. The van der Waals surface area contributed by atoms with Crippen LogP contribution in [0.4, 0.5) is 0 Å². The van der Waals surface area contributed by atoms with E-state index in [1.165, 1.54) is 0 Å². The zero-order chi connectivity index (χ0) is 15.4. The molecular formula is C16H23N3O2. The van der Waals surface area contributed by atoms with Gasteiger partial charge in [0.15, 0.2) is 5.82 Å². The number of ether oxygens (including phenoxy) is 1. The molecule has 2 rings (SSSR count). The smallest absolute Gasteiger partial charge is 0.231 e. The summed E-state index contributed by atoms with van der Waals surface area (Å²) in [6.07, 6.45) is 0.636. The molecule has 0 bridgehead atoms. The lowest BCUT2D eigenvalue weighted by molar-refractivity contribution is 0.298. The molecule has 0 saturated carbocycles. The van der Waals surface area contributed by atoms with Gasteiger partial charge in [0.05, 0.1) is 13.0 Å². The molecule has 1 heterocycles. The molecule has 2 unspecified atom stereocenters. The van der Waals surface area contributed by atoms with Crippen LogP contribution in [0.5, 0.6) is 5.75 Å². The first-order chi connectivity index (χ1) is 10.0. The molecule has 2 N–H and O–H groups in total. The van der Waals surface area contributed by atoms with Crippen LogP contribution < -0.4 is 10.5 Å². The molecule has 114 valence electrons. The van der Waals surface area contributed by atoms with Gasteiger partial charge in [0.1, 0.15) is 5.75 Å². The Labute approximate surface area is 125 Å². The van der Waals surface area contributed by atoms with Gasteiger partial charge in [0.2, 0.25) is 5.89 Å². The first kappa shape index (κ1) is 15.5. The van der Waals surface area contributed by atoms with Gasteiger partial charge in [-0.05, 0) is 30.5 Å². The Hall–Kier alpha value is -1.88. The predicted octanol–water partition coefficient (Wildman–Crippen LogP) is 2.76. The number of nitrogens with zero attached hydrogens (tertiary/aromatic N) is 2. The molecule has 2 atom stereocenters. The summed E-state index contributed by atoms with van der Waals surface area (Å²) in [6.45, 7) is 6.20. The molecule has 0 aliphatic rings. The summed E-state index contributed by atoms with van der Waals surface area (Å²) in [5, 5.41) is 4.07. The van der Waals surface area contributed by atoms with E-state index in [9.17, 15) is 0 Å². The van der Waals surface area contributed by atoms with Crippen LogP contribution in [-0.4, -0.2) is 23.3 Å². The van der Waals surface area contributed by atoms with Gasteiger partial charge >= 0.3 is 0 Å². The predicted molar refractivity (Wildman–Crippen MR) is 81.3 cm³/mol. The maximum absolute atomic E-state index is 6.02. The van der Waals surface area contributed by atoms with Gasteiger partial charge in [0.25, 0.3) is 0 Å². The number of benzene rings is 1. The molecule has 0 fully saturated rings. The molecule has 0 spiro atoms. The van der Waals surface area contributed by atoms with Crippen molar-refractivity contribution in [3.63, 3.8) is 0 Å². The van der Waals surface area contributed by atoms with Crippen LogP contribution in [-0.2, 0) is 6.42 Å². The third-order valence-electron chi connectivity index (χ3n) is 3.57. The van der Waals surface area contributed by atoms with Gasteiger partial charge in [-0.1, -0.05) is 31.1 Å². The fourth-order valence-corrected chi connectivity index (χ4v) is 2.52. The minimum Gasteiger partial charge on any atom is -0.497 e. The molecule has 0 aliphatic carbocycles. The summed E-state index contributed by atoms with van der Waals surface area (Å²) < 4.78 is 10.5. The van der Waals surface area contributed by atoms with E-state index in [1.807, 2.05) is 31.2 Å². The Kier molecular flexibility index (Phi) is 4.96. The molecular weight excluding hydrogens is 266 g/mol. The molecule has 0 amide bonds. The van der Waals surface area contributed by atoms with Crippen molar-refractivity contribution in [3.8, 4) is 5.75 Å². The van der Waals surface area contributed by atoms with Crippen molar-refractivity contribution < 1.29 is 9.26 Å². The van der Waals surface area contributed by atoms with E-state index in [0.29, 0.717) is 24.1 Å². The molecule has 21 heavy (non-hydrogen) atoms.